The van der Waals surface area contributed by atoms with E-state index in [2.05, 4.69) is 9.97 Å². The highest BCUT2D eigenvalue weighted by Gasteiger charge is 2.07. The molecule has 2 aromatic heterocycles. The highest BCUT2D eigenvalue weighted by molar-refractivity contribution is 5.61. The Morgan fingerprint density at radius 1 is 1.06 bits per heavy atom. The predicted octanol–water partition coefficient (Wildman–Crippen LogP) is 2.67. The van der Waals surface area contributed by atoms with E-state index >= 15 is 0 Å². The normalized spacial score (nSPS) is 10.9. The summed E-state index contributed by atoms with van der Waals surface area (Å²) in [6.45, 7) is 0. The van der Waals surface area contributed by atoms with Crippen molar-refractivity contribution < 1.29 is 8.78 Å². The molecule has 0 aliphatic rings. The molecule has 0 unspecified atom stereocenters. The molecule has 84 valence electrons. The van der Waals surface area contributed by atoms with Crippen LogP contribution in [-0.2, 0) is 0 Å². The minimum Gasteiger partial charge on any atom is -0.291 e. The van der Waals surface area contributed by atoms with Crippen LogP contribution in [0.5, 0.6) is 0 Å². The van der Waals surface area contributed by atoms with E-state index in [0.29, 0.717) is 17.0 Å². The quantitative estimate of drug-likeness (QED) is 0.644. The second kappa shape index (κ2) is 3.62. The molecule has 0 aliphatic heterocycles. The Balaban J connectivity index is 2.20. The van der Waals surface area contributed by atoms with E-state index in [9.17, 15) is 8.78 Å². The van der Waals surface area contributed by atoms with Gasteiger partial charge >= 0.3 is 0 Å². The van der Waals surface area contributed by atoms with Gasteiger partial charge in [0.1, 0.15) is 11.6 Å². The molecule has 0 bridgehead atoms. The van der Waals surface area contributed by atoms with E-state index in [-0.39, 0.29) is 0 Å². The van der Waals surface area contributed by atoms with Crippen molar-refractivity contribution in [2.24, 2.45) is 0 Å². The zero-order chi connectivity index (χ0) is 11.8. The number of aromatic nitrogens is 3. The van der Waals surface area contributed by atoms with Gasteiger partial charge in [-0.3, -0.25) is 4.40 Å². The highest BCUT2D eigenvalue weighted by atomic mass is 19.1. The van der Waals surface area contributed by atoms with Gasteiger partial charge in [-0.15, -0.1) is 0 Å². The molecule has 17 heavy (non-hydrogen) atoms. The molecule has 0 radical (unpaired) electrons. The third-order valence-corrected chi connectivity index (χ3v) is 2.39. The molecule has 0 N–H and O–H groups in total. The van der Waals surface area contributed by atoms with Crippen LogP contribution in [0.3, 0.4) is 0 Å². The summed E-state index contributed by atoms with van der Waals surface area (Å²) in [5.74, 6) is -0.748. The molecule has 0 atom stereocenters. The maximum atomic E-state index is 13.1. The van der Waals surface area contributed by atoms with Crippen LogP contribution in [0.25, 0.3) is 17.0 Å². The summed E-state index contributed by atoms with van der Waals surface area (Å²) in [6.07, 6.45) is 5.06. The summed E-state index contributed by atoms with van der Waals surface area (Å²) >= 11 is 0. The van der Waals surface area contributed by atoms with Crippen molar-refractivity contribution in [2.75, 3.05) is 0 Å². The Labute approximate surface area is 95.4 Å². The smallest absolute Gasteiger partial charge is 0.234 e. The first-order chi connectivity index (χ1) is 8.22. The van der Waals surface area contributed by atoms with Crippen LogP contribution < -0.4 is 0 Å². The van der Waals surface area contributed by atoms with Crippen molar-refractivity contribution in [3.8, 4) is 11.3 Å². The van der Waals surface area contributed by atoms with Gasteiger partial charge in [0.15, 0.2) is 0 Å². The minimum absolute atomic E-state index is 0.396. The summed E-state index contributed by atoms with van der Waals surface area (Å²) in [5.41, 5.74) is 0.884. The van der Waals surface area contributed by atoms with Gasteiger partial charge in [-0.2, -0.15) is 0 Å². The lowest BCUT2D eigenvalue weighted by atomic mass is 10.1. The first-order valence-corrected chi connectivity index (χ1v) is 4.98. The number of imidazole rings is 1. The Hall–Kier alpha value is -2.30. The van der Waals surface area contributed by atoms with E-state index in [1.165, 1.54) is 12.1 Å². The molecular weight excluding hydrogens is 224 g/mol. The zero-order valence-corrected chi connectivity index (χ0v) is 8.64. The van der Waals surface area contributed by atoms with Crippen LogP contribution in [0.15, 0.2) is 42.9 Å². The van der Waals surface area contributed by atoms with Gasteiger partial charge in [0.25, 0.3) is 0 Å². The third kappa shape index (κ3) is 1.75. The average Bonchev–Trinajstić information content (AvgIpc) is 2.71. The predicted molar refractivity (Wildman–Crippen MR) is 58.3 cm³/mol. The van der Waals surface area contributed by atoms with Gasteiger partial charge in [0.05, 0.1) is 5.69 Å². The molecule has 3 aromatic rings. The summed E-state index contributed by atoms with van der Waals surface area (Å²) < 4.78 is 27.9. The number of rotatable bonds is 1. The van der Waals surface area contributed by atoms with Gasteiger partial charge in [-0.1, -0.05) is 0 Å². The first kappa shape index (κ1) is 9.89. The Bertz CT molecular complexity index is 638. The summed E-state index contributed by atoms with van der Waals surface area (Å²) in [6, 6.07) is 5.07. The largest absolute Gasteiger partial charge is 0.291 e. The van der Waals surface area contributed by atoms with Crippen molar-refractivity contribution in [2.45, 2.75) is 0 Å². The molecule has 5 heteroatoms. The summed E-state index contributed by atoms with van der Waals surface area (Å²) in [5, 5.41) is 0. The molecule has 0 fully saturated rings. The molecular formula is C12H7F2N3. The zero-order valence-electron chi connectivity index (χ0n) is 8.64. The SMILES string of the molecule is Fc1cc(F)cc(-c2cn3cccnc3n2)c1. The Morgan fingerprint density at radius 2 is 1.82 bits per heavy atom. The summed E-state index contributed by atoms with van der Waals surface area (Å²) in [7, 11) is 0. The molecule has 0 spiro atoms. The Morgan fingerprint density at radius 3 is 2.53 bits per heavy atom. The van der Waals surface area contributed by atoms with Crippen molar-refractivity contribution in [1.29, 1.82) is 0 Å². The first-order valence-electron chi connectivity index (χ1n) is 4.98. The van der Waals surface area contributed by atoms with Crippen LogP contribution in [-0.4, -0.2) is 14.4 Å². The van der Waals surface area contributed by atoms with Crippen LogP contribution in [0.1, 0.15) is 0 Å². The lowest BCUT2D eigenvalue weighted by Gasteiger charge is -1.96. The second-order valence-electron chi connectivity index (χ2n) is 3.61. The fraction of sp³-hybridized carbons (Fsp3) is 0. The fourth-order valence-electron chi connectivity index (χ4n) is 1.67. The molecule has 2 heterocycles. The van der Waals surface area contributed by atoms with Gasteiger partial charge in [-0.25, -0.2) is 18.7 Å². The lowest BCUT2D eigenvalue weighted by molar-refractivity contribution is 0.584. The van der Waals surface area contributed by atoms with Crippen LogP contribution in [0, 0.1) is 11.6 Å². The van der Waals surface area contributed by atoms with E-state index in [1.807, 2.05) is 0 Å². The average molecular weight is 231 g/mol. The Kier molecular flexibility index (Phi) is 2.11. The maximum absolute atomic E-state index is 13.1. The lowest BCUT2D eigenvalue weighted by Crippen LogP contribution is -1.84. The highest BCUT2D eigenvalue weighted by Crippen LogP contribution is 2.20. The monoisotopic (exact) mass is 231 g/mol. The number of hydrogen-bond donors (Lipinski definition) is 0. The molecule has 0 saturated heterocycles. The van der Waals surface area contributed by atoms with Gasteiger partial charge in [0, 0.05) is 30.2 Å². The number of nitrogens with zero attached hydrogens (tertiary/aromatic N) is 3. The number of halogens is 2. The topological polar surface area (TPSA) is 30.2 Å². The molecule has 1 aromatic carbocycles. The van der Waals surface area contributed by atoms with Crippen molar-refractivity contribution in [1.82, 2.24) is 14.4 Å². The van der Waals surface area contributed by atoms with Crippen molar-refractivity contribution in [3.05, 3.63) is 54.5 Å². The molecule has 0 aliphatic carbocycles. The minimum atomic E-state index is -0.620. The molecule has 0 saturated carbocycles. The number of hydrogen-bond acceptors (Lipinski definition) is 2. The molecule has 0 amide bonds. The fourth-order valence-corrected chi connectivity index (χ4v) is 1.67. The molecule has 3 rings (SSSR count). The van der Waals surface area contributed by atoms with E-state index in [0.717, 1.165) is 6.07 Å². The summed E-state index contributed by atoms with van der Waals surface area (Å²) in [4.78, 5) is 8.22. The van der Waals surface area contributed by atoms with Crippen LogP contribution in [0.2, 0.25) is 0 Å². The molecule has 3 nitrogen and oxygen atoms in total. The maximum Gasteiger partial charge on any atom is 0.234 e. The van der Waals surface area contributed by atoms with Crippen LogP contribution >= 0.6 is 0 Å². The van der Waals surface area contributed by atoms with E-state index in [4.69, 9.17) is 0 Å². The van der Waals surface area contributed by atoms with Gasteiger partial charge in [0.2, 0.25) is 5.78 Å². The standard InChI is InChI=1S/C12H7F2N3/c13-9-4-8(5-10(14)6-9)11-7-17-3-1-2-15-12(17)16-11/h1-7H. The van der Waals surface area contributed by atoms with Gasteiger partial charge in [-0.05, 0) is 18.2 Å². The van der Waals surface area contributed by atoms with E-state index in [1.54, 1.807) is 29.1 Å². The van der Waals surface area contributed by atoms with E-state index < -0.39 is 11.6 Å². The van der Waals surface area contributed by atoms with Crippen molar-refractivity contribution >= 4 is 5.78 Å². The number of benzene rings is 1. The van der Waals surface area contributed by atoms with Crippen molar-refractivity contribution in [3.63, 3.8) is 0 Å². The third-order valence-electron chi connectivity index (χ3n) is 2.39. The number of fused-ring (bicyclic) bond motifs is 1. The van der Waals surface area contributed by atoms with Crippen LogP contribution in [0.4, 0.5) is 8.78 Å². The van der Waals surface area contributed by atoms with Gasteiger partial charge < -0.3 is 0 Å². The second-order valence-corrected chi connectivity index (χ2v) is 3.61.